The fourth-order valence-corrected chi connectivity index (χ4v) is 2.13. The lowest BCUT2D eigenvalue weighted by Crippen LogP contribution is -2.05. The minimum absolute atomic E-state index is 0.603. The maximum atomic E-state index is 4.42. The van der Waals surface area contributed by atoms with Crippen molar-refractivity contribution in [2.45, 2.75) is 20.3 Å². The number of halogens is 1. The zero-order chi connectivity index (χ0) is 13.7. The fourth-order valence-electron chi connectivity index (χ4n) is 1.66. The third-order valence-electron chi connectivity index (χ3n) is 2.65. The predicted octanol–water partition coefficient (Wildman–Crippen LogP) is 4.11. The van der Waals surface area contributed by atoms with Gasteiger partial charge in [0.15, 0.2) is 0 Å². The van der Waals surface area contributed by atoms with Crippen LogP contribution in [0.2, 0.25) is 0 Å². The van der Waals surface area contributed by atoms with Gasteiger partial charge in [-0.05, 0) is 43.2 Å². The van der Waals surface area contributed by atoms with E-state index in [1.165, 1.54) is 0 Å². The summed E-state index contributed by atoms with van der Waals surface area (Å²) in [6.07, 6.45) is 2.82. The third kappa shape index (κ3) is 3.92. The zero-order valence-corrected chi connectivity index (χ0v) is 12.7. The van der Waals surface area contributed by atoms with E-state index < -0.39 is 0 Å². The van der Waals surface area contributed by atoms with Crippen LogP contribution in [-0.2, 0) is 0 Å². The van der Waals surface area contributed by atoms with Crippen LogP contribution in [0.25, 0.3) is 0 Å². The Kier molecular flexibility index (Phi) is 4.74. The molecule has 0 unspecified atom stereocenters. The summed E-state index contributed by atoms with van der Waals surface area (Å²) in [7, 11) is 0. The summed E-state index contributed by atoms with van der Waals surface area (Å²) >= 11 is 3.45. The Hall–Kier alpha value is -1.62. The van der Waals surface area contributed by atoms with Crippen LogP contribution in [-0.4, -0.2) is 16.5 Å². The molecule has 4 nitrogen and oxygen atoms in total. The van der Waals surface area contributed by atoms with E-state index >= 15 is 0 Å². The molecule has 2 rings (SSSR count). The molecule has 0 aliphatic carbocycles. The van der Waals surface area contributed by atoms with E-state index in [2.05, 4.69) is 49.5 Å². The van der Waals surface area contributed by atoms with Crippen molar-refractivity contribution in [2.75, 3.05) is 17.2 Å². The highest BCUT2D eigenvalue weighted by atomic mass is 79.9. The first-order valence-corrected chi connectivity index (χ1v) is 7.08. The number of aromatic nitrogens is 2. The van der Waals surface area contributed by atoms with E-state index in [1.807, 2.05) is 25.1 Å². The number of hydrogen-bond acceptors (Lipinski definition) is 4. The van der Waals surface area contributed by atoms with Gasteiger partial charge in [-0.15, -0.1) is 0 Å². The molecule has 5 heteroatoms. The molecule has 1 aromatic carbocycles. The second kappa shape index (κ2) is 6.52. The number of aryl methyl sites for hydroxylation is 1. The number of benzene rings is 1. The predicted molar refractivity (Wildman–Crippen MR) is 83.0 cm³/mol. The molecule has 1 heterocycles. The quantitative estimate of drug-likeness (QED) is 0.870. The van der Waals surface area contributed by atoms with Crippen molar-refractivity contribution in [3.63, 3.8) is 0 Å². The van der Waals surface area contributed by atoms with Gasteiger partial charge in [0.05, 0.1) is 0 Å². The lowest BCUT2D eigenvalue weighted by atomic mass is 10.2. The molecular weight excluding hydrogens is 304 g/mol. The SMILES string of the molecule is CCCNc1ccnc(Nc2ccc(Br)cc2C)n1. The average molecular weight is 321 g/mol. The molecule has 0 aliphatic rings. The Labute approximate surface area is 121 Å². The third-order valence-corrected chi connectivity index (χ3v) is 3.14. The Morgan fingerprint density at radius 2 is 2.11 bits per heavy atom. The highest BCUT2D eigenvalue weighted by molar-refractivity contribution is 9.10. The number of hydrogen-bond donors (Lipinski definition) is 2. The molecular formula is C14H17BrN4. The number of anilines is 3. The highest BCUT2D eigenvalue weighted by Gasteiger charge is 2.02. The summed E-state index contributed by atoms with van der Waals surface area (Å²) in [5.74, 6) is 1.45. The molecule has 2 N–H and O–H groups in total. The Balaban J connectivity index is 2.14. The van der Waals surface area contributed by atoms with Crippen LogP contribution in [0.15, 0.2) is 34.9 Å². The first kappa shape index (κ1) is 13.8. The first-order valence-electron chi connectivity index (χ1n) is 6.29. The molecule has 0 atom stereocenters. The van der Waals surface area contributed by atoms with Crippen LogP contribution in [0.1, 0.15) is 18.9 Å². The van der Waals surface area contributed by atoms with Crippen molar-refractivity contribution >= 4 is 33.4 Å². The molecule has 1 aromatic heterocycles. The van der Waals surface area contributed by atoms with Crippen molar-refractivity contribution in [2.24, 2.45) is 0 Å². The van der Waals surface area contributed by atoms with Gasteiger partial charge in [0.1, 0.15) is 5.82 Å². The van der Waals surface area contributed by atoms with Crippen LogP contribution in [0, 0.1) is 6.92 Å². The van der Waals surface area contributed by atoms with Gasteiger partial charge in [0.2, 0.25) is 5.95 Å². The van der Waals surface area contributed by atoms with E-state index in [0.29, 0.717) is 5.95 Å². The highest BCUT2D eigenvalue weighted by Crippen LogP contribution is 2.22. The molecule has 0 aliphatic heterocycles. The standard InChI is InChI=1S/C14H17BrN4/c1-3-7-16-13-6-8-17-14(19-13)18-12-5-4-11(15)9-10(12)2/h4-6,8-9H,3,7H2,1-2H3,(H2,16,17,18,19). The first-order chi connectivity index (χ1) is 9.19. The summed E-state index contributed by atoms with van der Waals surface area (Å²) in [4.78, 5) is 8.66. The largest absolute Gasteiger partial charge is 0.370 e. The molecule has 100 valence electrons. The van der Waals surface area contributed by atoms with Gasteiger partial charge >= 0.3 is 0 Å². The van der Waals surface area contributed by atoms with E-state index in [1.54, 1.807) is 6.20 Å². The molecule has 0 saturated carbocycles. The maximum Gasteiger partial charge on any atom is 0.229 e. The van der Waals surface area contributed by atoms with Gasteiger partial charge in [0, 0.05) is 22.9 Å². The van der Waals surface area contributed by atoms with Gasteiger partial charge in [0.25, 0.3) is 0 Å². The normalized spacial score (nSPS) is 10.3. The summed E-state index contributed by atoms with van der Waals surface area (Å²) < 4.78 is 1.06. The van der Waals surface area contributed by atoms with Crippen LogP contribution in [0.3, 0.4) is 0 Å². The molecule has 0 bridgehead atoms. The second-order valence-corrected chi connectivity index (χ2v) is 5.19. The van der Waals surface area contributed by atoms with Crippen molar-refractivity contribution in [1.29, 1.82) is 0 Å². The van der Waals surface area contributed by atoms with E-state index in [4.69, 9.17) is 0 Å². The van der Waals surface area contributed by atoms with Gasteiger partial charge in [-0.25, -0.2) is 4.98 Å². The molecule has 19 heavy (non-hydrogen) atoms. The zero-order valence-electron chi connectivity index (χ0n) is 11.1. The van der Waals surface area contributed by atoms with Gasteiger partial charge in [-0.1, -0.05) is 22.9 Å². The van der Waals surface area contributed by atoms with Crippen molar-refractivity contribution in [3.05, 3.63) is 40.5 Å². The van der Waals surface area contributed by atoms with Crippen LogP contribution < -0.4 is 10.6 Å². The lowest BCUT2D eigenvalue weighted by molar-refractivity contribution is 0.966. The van der Waals surface area contributed by atoms with Crippen LogP contribution >= 0.6 is 15.9 Å². The van der Waals surface area contributed by atoms with Gasteiger partial charge in [-0.3, -0.25) is 0 Å². The van der Waals surface area contributed by atoms with Crippen LogP contribution in [0.5, 0.6) is 0 Å². The lowest BCUT2D eigenvalue weighted by Gasteiger charge is -2.10. The fraction of sp³-hybridized carbons (Fsp3) is 0.286. The topological polar surface area (TPSA) is 49.8 Å². The van der Waals surface area contributed by atoms with E-state index in [9.17, 15) is 0 Å². The number of nitrogens with one attached hydrogen (secondary N) is 2. The summed E-state index contributed by atoms with van der Waals surface area (Å²) in [6.45, 7) is 5.08. The Bertz CT molecular complexity index is 557. The number of rotatable bonds is 5. The monoisotopic (exact) mass is 320 g/mol. The second-order valence-electron chi connectivity index (χ2n) is 4.28. The molecule has 2 aromatic rings. The smallest absolute Gasteiger partial charge is 0.229 e. The summed E-state index contributed by atoms with van der Waals surface area (Å²) in [5.41, 5.74) is 2.15. The van der Waals surface area contributed by atoms with Crippen molar-refractivity contribution < 1.29 is 0 Å². The average Bonchev–Trinajstić information content (AvgIpc) is 2.40. The minimum atomic E-state index is 0.603. The van der Waals surface area contributed by atoms with Gasteiger partial charge in [-0.2, -0.15) is 4.98 Å². The Morgan fingerprint density at radius 3 is 2.84 bits per heavy atom. The molecule has 0 radical (unpaired) electrons. The molecule has 0 amide bonds. The van der Waals surface area contributed by atoms with Crippen LogP contribution in [0.4, 0.5) is 17.5 Å². The Morgan fingerprint density at radius 1 is 1.26 bits per heavy atom. The molecule has 0 saturated heterocycles. The van der Waals surface area contributed by atoms with E-state index in [-0.39, 0.29) is 0 Å². The summed E-state index contributed by atoms with van der Waals surface area (Å²) in [5, 5.41) is 6.48. The number of nitrogens with zero attached hydrogens (tertiary/aromatic N) is 2. The molecule has 0 fully saturated rings. The summed E-state index contributed by atoms with van der Waals surface area (Å²) in [6, 6.07) is 7.93. The van der Waals surface area contributed by atoms with Crippen molar-refractivity contribution in [3.8, 4) is 0 Å². The van der Waals surface area contributed by atoms with Crippen molar-refractivity contribution in [1.82, 2.24) is 9.97 Å². The maximum absolute atomic E-state index is 4.42. The minimum Gasteiger partial charge on any atom is -0.370 e. The van der Waals surface area contributed by atoms with Gasteiger partial charge < -0.3 is 10.6 Å². The molecule has 0 spiro atoms. The van der Waals surface area contributed by atoms with E-state index in [0.717, 1.165) is 34.5 Å².